The molecule has 0 atom stereocenters. The van der Waals surface area contributed by atoms with Crippen LogP contribution in [0.25, 0.3) is 0 Å². The third-order valence-electron chi connectivity index (χ3n) is 3.10. The number of oxime groups is 1. The highest BCUT2D eigenvalue weighted by Crippen LogP contribution is 2.12. The summed E-state index contributed by atoms with van der Waals surface area (Å²) in [6.45, 7) is 6.98. The molecule has 0 aliphatic rings. The monoisotopic (exact) mass is 281 g/mol. The lowest BCUT2D eigenvalue weighted by Crippen LogP contribution is -2.37. The fraction of sp³-hybridized carbons (Fsp3) is 0.615. The predicted octanol–water partition coefficient (Wildman–Crippen LogP) is 0.963. The first-order valence-corrected chi connectivity index (χ1v) is 6.61. The van der Waals surface area contributed by atoms with Crippen LogP contribution in [0.2, 0.25) is 0 Å². The van der Waals surface area contributed by atoms with Gasteiger partial charge >= 0.3 is 0 Å². The number of hydrogen-bond donors (Lipinski definition) is 2. The van der Waals surface area contributed by atoms with Crippen molar-refractivity contribution in [1.82, 2.24) is 14.7 Å². The molecule has 3 N–H and O–H groups in total. The molecule has 1 rings (SSSR count). The molecule has 0 unspecified atom stereocenters. The number of hydrogen-bond acceptors (Lipinski definition) is 4. The van der Waals surface area contributed by atoms with Crippen LogP contribution in [0.5, 0.6) is 0 Å². The second-order valence-corrected chi connectivity index (χ2v) is 5.25. The molecule has 0 fully saturated rings. The number of rotatable bonds is 6. The topological polar surface area (TPSA) is 96.7 Å². The molecule has 0 aliphatic heterocycles. The smallest absolute Gasteiger partial charge is 0.257 e. The lowest BCUT2D eigenvalue weighted by atomic mass is 10.1. The first kappa shape index (κ1) is 16.0. The number of amidine groups is 1. The second kappa shape index (κ2) is 6.93. The van der Waals surface area contributed by atoms with E-state index in [-0.39, 0.29) is 11.7 Å². The first-order valence-electron chi connectivity index (χ1n) is 6.61. The molecule has 0 aromatic carbocycles. The van der Waals surface area contributed by atoms with Crippen LogP contribution in [0.15, 0.2) is 11.4 Å². The Morgan fingerprint density at radius 2 is 2.25 bits per heavy atom. The largest absolute Gasteiger partial charge is 0.409 e. The summed E-state index contributed by atoms with van der Waals surface area (Å²) in [4.78, 5) is 14.3. The summed E-state index contributed by atoms with van der Waals surface area (Å²) in [7, 11) is 1.80. The quantitative estimate of drug-likeness (QED) is 0.351. The average Bonchev–Trinajstić information content (AvgIpc) is 2.73. The van der Waals surface area contributed by atoms with Gasteiger partial charge in [-0.15, -0.1) is 0 Å². The van der Waals surface area contributed by atoms with E-state index in [0.717, 1.165) is 5.69 Å². The van der Waals surface area contributed by atoms with Crippen molar-refractivity contribution in [2.45, 2.75) is 27.2 Å². The molecule has 1 aromatic rings. The highest BCUT2D eigenvalue weighted by molar-refractivity contribution is 5.95. The number of aryl methyl sites for hydroxylation is 1. The van der Waals surface area contributed by atoms with Crippen LogP contribution in [-0.4, -0.2) is 44.7 Å². The van der Waals surface area contributed by atoms with Gasteiger partial charge in [-0.2, -0.15) is 5.10 Å². The van der Waals surface area contributed by atoms with Crippen LogP contribution < -0.4 is 5.73 Å². The van der Waals surface area contributed by atoms with Gasteiger partial charge in [-0.25, -0.2) is 0 Å². The van der Waals surface area contributed by atoms with E-state index in [9.17, 15) is 4.79 Å². The number of amides is 1. The van der Waals surface area contributed by atoms with Crippen LogP contribution >= 0.6 is 0 Å². The first-order chi connectivity index (χ1) is 9.36. The molecule has 1 aromatic heterocycles. The Morgan fingerprint density at radius 3 is 2.70 bits per heavy atom. The summed E-state index contributed by atoms with van der Waals surface area (Å²) in [5, 5.41) is 15.6. The molecular formula is C13H23N5O2. The molecule has 7 heteroatoms. The Kier molecular flexibility index (Phi) is 5.54. The van der Waals surface area contributed by atoms with Gasteiger partial charge in [-0.05, 0) is 12.8 Å². The van der Waals surface area contributed by atoms with Gasteiger partial charge in [0.2, 0.25) is 0 Å². The minimum atomic E-state index is -0.0740. The Labute approximate surface area is 119 Å². The highest BCUT2D eigenvalue weighted by atomic mass is 16.4. The number of nitrogens with zero attached hydrogens (tertiary/aromatic N) is 4. The van der Waals surface area contributed by atoms with Crippen LogP contribution in [0, 0.1) is 12.8 Å². The molecule has 1 amide bonds. The standard InChI is InChI=1S/C13H23N5O2/c1-9(2)8-18(6-5-12(14)16-20)13(19)11-7-15-17(4)10(11)3/h7,9,20H,5-6,8H2,1-4H3,(H2,14,16). The Bertz CT molecular complexity index is 493. The number of aromatic nitrogens is 2. The third-order valence-corrected chi connectivity index (χ3v) is 3.10. The van der Waals surface area contributed by atoms with Crippen LogP contribution in [-0.2, 0) is 7.05 Å². The van der Waals surface area contributed by atoms with Crippen molar-refractivity contribution in [2.75, 3.05) is 13.1 Å². The average molecular weight is 281 g/mol. The fourth-order valence-electron chi connectivity index (χ4n) is 1.90. The number of nitrogens with two attached hydrogens (primary N) is 1. The van der Waals surface area contributed by atoms with Crippen molar-refractivity contribution in [2.24, 2.45) is 23.9 Å². The van der Waals surface area contributed by atoms with Crippen molar-refractivity contribution in [3.63, 3.8) is 0 Å². The maximum atomic E-state index is 12.5. The fourth-order valence-corrected chi connectivity index (χ4v) is 1.90. The normalized spacial score (nSPS) is 11.9. The molecule has 112 valence electrons. The van der Waals surface area contributed by atoms with E-state index >= 15 is 0 Å². The lowest BCUT2D eigenvalue weighted by molar-refractivity contribution is 0.0739. The van der Waals surface area contributed by atoms with Crippen molar-refractivity contribution in [3.05, 3.63) is 17.5 Å². The molecule has 0 saturated heterocycles. The Morgan fingerprint density at radius 1 is 1.60 bits per heavy atom. The molecule has 1 heterocycles. The summed E-state index contributed by atoms with van der Waals surface area (Å²) in [5.41, 5.74) is 6.89. The number of carbonyl (C=O) groups is 1. The van der Waals surface area contributed by atoms with Crippen molar-refractivity contribution < 1.29 is 10.0 Å². The number of carbonyl (C=O) groups excluding carboxylic acids is 1. The minimum Gasteiger partial charge on any atom is -0.409 e. The molecule has 20 heavy (non-hydrogen) atoms. The molecule has 0 saturated carbocycles. The van der Waals surface area contributed by atoms with Gasteiger partial charge in [0.1, 0.15) is 5.84 Å². The van der Waals surface area contributed by atoms with Crippen molar-refractivity contribution in [1.29, 1.82) is 0 Å². The summed E-state index contributed by atoms with van der Waals surface area (Å²) in [5.74, 6) is 0.382. The van der Waals surface area contributed by atoms with Gasteiger partial charge in [0, 0.05) is 32.3 Å². The van der Waals surface area contributed by atoms with Gasteiger partial charge in [0.15, 0.2) is 0 Å². The lowest BCUT2D eigenvalue weighted by Gasteiger charge is -2.24. The summed E-state index contributed by atoms with van der Waals surface area (Å²) in [6, 6.07) is 0. The van der Waals surface area contributed by atoms with Gasteiger partial charge in [-0.3, -0.25) is 9.48 Å². The molecule has 0 bridgehead atoms. The third kappa shape index (κ3) is 3.97. The van der Waals surface area contributed by atoms with Gasteiger partial charge < -0.3 is 15.8 Å². The van der Waals surface area contributed by atoms with Crippen molar-refractivity contribution >= 4 is 11.7 Å². The summed E-state index contributed by atoms with van der Waals surface area (Å²) < 4.78 is 1.67. The Balaban J connectivity index is 2.87. The highest BCUT2D eigenvalue weighted by Gasteiger charge is 2.21. The van der Waals surface area contributed by atoms with Gasteiger partial charge in [-0.1, -0.05) is 19.0 Å². The SMILES string of the molecule is Cc1c(C(=O)N(CCC(N)=NO)CC(C)C)cnn1C. The molecule has 0 spiro atoms. The zero-order valence-electron chi connectivity index (χ0n) is 12.5. The van der Waals surface area contributed by atoms with Gasteiger partial charge in [0.05, 0.1) is 11.8 Å². The van der Waals surface area contributed by atoms with E-state index in [1.165, 1.54) is 0 Å². The molecule has 0 radical (unpaired) electrons. The van der Waals surface area contributed by atoms with Crippen LogP contribution in [0.1, 0.15) is 36.3 Å². The Hall–Kier alpha value is -2.05. The van der Waals surface area contributed by atoms with E-state index in [4.69, 9.17) is 10.9 Å². The maximum absolute atomic E-state index is 12.5. The van der Waals surface area contributed by atoms with E-state index in [2.05, 4.69) is 10.3 Å². The second-order valence-electron chi connectivity index (χ2n) is 5.25. The molecule has 0 aliphatic carbocycles. The maximum Gasteiger partial charge on any atom is 0.257 e. The molecular weight excluding hydrogens is 258 g/mol. The van der Waals surface area contributed by atoms with E-state index < -0.39 is 0 Å². The zero-order chi connectivity index (χ0) is 15.3. The van der Waals surface area contributed by atoms with Gasteiger partial charge in [0.25, 0.3) is 5.91 Å². The van der Waals surface area contributed by atoms with Crippen molar-refractivity contribution in [3.8, 4) is 0 Å². The zero-order valence-corrected chi connectivity index (χ0v) is 12.5. The van der Waals surface area contributed by atoms with E-state index in [1.54, 1.807) is 22.8 Å². The van der Waals surface area contributed by atoms with Crippen LogP contribution in [0.4, 0.5) is 0 Å². The van der Waals surface area contributed by atoms with E-state index in [0.29, 0.717) is 31.0 Å². The minimum absolute atomic E-state index is 0.0740. The summed E-state index contributed by atoms with van der Waals surface area (Å²) in [6.07, 6.45) is 1.92. The van der Waals surface area contributed by atoms with E-state index in [1.807, 2.05) is 20.8 Å². The van der Waals surface area contributed by atoms with Crippen LogP contribution in [0.3, 0.4) is 0 Å². The predicted molar refractivity (Wildman–Crippen MR) is 76.7 cm³/mol. The summed E-state index contributed by atoms with van der Waals surface area (Å²) >= 11 is 0. The molecule has 7 nitrogen and oxygen atoms in total.